The smallest absolute Gasteiger partial charge is 0.334 e. The summed E-state index contributed by atoms with van der Waals surface area (Å²) in [6.45, 7) is 5.43. The Morgan fingerprint density at radius 2 is 1.92 bits per heavy atom. The van der Waals surface area contributed by atoms with E-state index in [2.05, 4.69) is 17.1 Å². The van der Waals surface area contributed by atoms with E-state index in [1.54, 1.807) is 0 Å². The summed E-state index contributed by atoms with van der Waals surface area (Å²) < 4.78 is 38.0. The molecule has 1 amide bonds. The molecule has 1 aliphatic carbocycles. The van der Waals surface area contributed by atoms with Gasteiger partial charge in [0.1, 0.15) is 0 Å². The number of nitrogens with one attached hydrogen (secondary N) is 1. The van der Waals surface area contributed by atoms with Crippen molar-refractivity contribution in [2.75, 3.05) is 26.2 Å². The molecule has 1 saturated heterocycles. The van der Waals surface area contributed by atoms with Crippen LogP contribution in [0.15, 0.2) is 24.3 Å². The van der Waals surface area contributed by atoms with Gasteiger partial charge >= 0.3 is 6.18 Å². The fourth-order valence-electron chi connectivity index (χ4n) is 3.19. The van der Waals surface area contributed by atoms with Gasteiger partial charge in [0.25, 0.3) is 0 Å². The van der Waals surface area contributed by atoms with Crippen LogP contribution in [0, 0.1) is 0 Å². The van der Waals surface area contributed by atoms with Gasteiger partial charge in [-0.15, -0.1) is 12.4 Å². The van der Waals surface area contributed by atoms with Crippen molar-refractivity contribution in [1.29, 1.82) is 0 Å². The van der Waals surface area contributed by atoms with Crippen LogP contribution in [0.25, 0.3) is 0 Å². The molecule has 1 saturated carbocycles. The molecule has 3 rings (SSSR count). The Labute approximate surface area is 158 Å². The third-order valence-electron chi connectivity index (χ3n) is 4.92. The number of hydrogen-bond donors (Lipinski definition) is 1. The van der Waals surface area contributed by atoms with Gasteiger partial charge in [-0.1, -0.05) is 12.1 Å². The van der Waals surface area contributed by atoms with Crippen molar-refractivity contribution in [2.45, 2.75) is 44.6 Å². The number of benzene rings is 1. The first-order valence-corrected chi connectivity index (χ1v) is 8.75. The Kier molecular flexibility index (Phi) is 6.93. The zero-order chi connectivity index (χ0) is 18.0. The number of piperazine rings is 1. The number of rotatable bonds is 5. The van der Waals surface area contributed by atoms with E-state index in [1.165, 1.54) is 12.1 Å². The molecule has 146 valence electrons. The lowest BCUT2D eigenvalue weighted by Gasteiger charge is -2.35. The highest BCUT2D eigenvalue weighted by atomic mass is 35.5. The highest BCUT2D eigenvalue weighted by Gasteiger charge is 2.34. The Hall–Kier alpha value is -1.31. The molecule has 2 fully saturated rings. The van der Waals surface area contributed by atoms with Crippen LogP contribution in [0.2, 0.25) is 0 Å². The minimum absolute atomic E-state index is 0. The van der Waals surface area contributed by atoms with Gasteiger partial charge in [0.2, 0.25) is 5.91 Å². The van der Waals surface area contributed by atoms with Crippen molar-refractivity contribution in [3.8, 4) is 0 Å². The molecular formula is C18H25ClF3N3O. The molecule has 1 atom stereocenters. The van der Waals surface area contributed by atoms with Crippen LogP contribution in [0.1, 0.15) is 30.9 Å². The number of carbonyl (C=O) groups is 1. The fourth-order valence-corrected chi connectivity index (χ4v) is 3.19. The number of hydrogen-bond acceptors (Lipinski definition) is 3. The van der Waals surface area contributed by atoms with Gasteiger partial charge in [-0.2, -0.15) is 13.2 Å². The molecule has 1 N–H and O–H groups in total. The molecule has 4 nitrogen and oxygen atoms in total. The lowest BCUT2D eigenvalue weighted by atomic mass is 10.1. The summed E-state index contributed by atoms with van der Waals surface area (Å²) in [4.78, 5) is 16.8. The monoisotopic (exact) mass is 391 g/mol. The number of amides is 1. The predicted octanol–water partition coefficient (Wildman–Crippen LogP) is 2.91. The molecule has 1 aliphatic heterocycles. The second-order valence-electron chi connectivity index (χ2n) is 6.97. The fraction of sp³-hybridized carbons (Fsp3) is 0.611. The van der Waals surface area contributed by atoms with Crippen LogP contribution in [0.5, 0.6) is 0 Å². The van der Waals surface area contributed by atoms with Gasteiger partial charge in [0, 0.05) is 38.3 Å². The quantitative estimate of drug-likeness (QED) is 0.838. The van der Waals surface area contributed by atoms with E-state index in [4.69, 9.17) is 0 Å². The maximum atomic E-state index is 12.8. The molecule has 1 aromatic rings. The average molecular weight is 392 g/mol. The van der Waals surface area contributed by atoms with E-state index in [-0.39, 0.29) is 24.4 Å². The molecule has 0 aromatic heterocycles. The highest BCUT2D eigenvalue weighted by molar-refractivity contribution is 5.85. The summed E-state index contributed by atoms with van der Waals surface area (Å²) in [5, 5.41) is 3.30. The normalized spacial score (nSPS) is 21.2. The van der Waals surface area contributed by atoms with Gasteiger partial charge in [0.15, 0.2) is 0 Å². The molecule has 0 spiro atoms. The Balaban J connectivity index is 0.00000243. The third kappa shape index (κ3) is 5.34. The first-order valence-electron chi connectivity index (χ1n) is 8.75. The minimum atomic E-state index is -4.33. The molecule has 0 bridgehead atoms. The van der Waals surface area contributed by atoms with Gasteiger partial charge in [-0.25, -0.2) is 0 Å². The molecule has 2 aliphatic rings. The van der Waals surface area contributed by atoms with Gasteiger partial charge < -0.3 is 10.2 Å². The molecule has 26 heavy (non-hydrogen) atoms. The van der Waals surface area contributed by atoms with Crippen molar-refractivity contribution in [2.24, 2.45) is 0 Å². The second-order valence-corrected chi connectivity index (χ2v) is 6.97. The number of carbonyl (C=O) groups excluding carboxylic acids is 1. The molecule has 0 radical (unpaired) electrons. The van der Waals surface area contributed by atoms with Crippen molar-refractivity contribution in [3.63, 3.8) is 0 Å². The van der Waals surface area contributed by atoms with Crippen LogP contribution in [0.3, 0.4) is 0 Å². The molecule has 8 heteroatoms. The van der Waals surface area contributed by atoms with Crippen molar-refractivity contribution in [1.82, 2.24) is 15.1 Å². The van der Waals surface area contributed by atoms with E-state index in [1.807, 2.05) is 4.90 Å². The topological polar surface area (TPSA) is 35.6 Å². The SMILES string of the molecule is C[C@H]1CNCCN1CC(=O)N(Cc1ccc(C(F)(F)F)cc1)C1CC1.Cl. The summed E-state index contributed by atoms with van der Waals surface area (Å²) in [6, 6.07) is 5.66. The summed E-state index contributed by atoms with van der Waals surface area (Å²) in [7, 11) is 0. The Morgan fingerprint density at radius 3 is 2.46 bits per heavy atom. The Morgan fingerprint density at radius 1 is 1.27 bits per heavy atom. The first kappa shape index (κ1) is 21.0. The largest absolute Gasteiger partial charge is 0.416 e. The van der Waals surface area contributed by atoms with Gasteiger partial charge in [-0.05, 0) is 37.5 Å². The zero-order valence-electron chi connectivity index (χ0n) is 14.8. The van der Waals surface area contributed by atoms with Gasteiger partial charge in [-0.3, -0.25) is 9.69 Å². The van der Waals surface area contributed by atoms with Crippen LogP contribution in [-0.2, 0) is 17.5 Å². The third-order valence-corrected chi connectivity index (χ3v) is 4.92. The summed E-state index contributed by atoms with van der Waals surface area (Å²) in [5.74, 6) is 0.0659. The highest BCUT2D eigenvalue weighted by Crippen LogP contribution is 2.31. The van der Waals surface area contributed by atoms with Crippen molar-refractivity contribution >= 4 is 18.3 Å². The standard InChI is InChI=1S/C18H24F3N3O.ClH/c1-13-10-22-8-9-23(13)12-17(25)24(16-6-7-16)11-14-2-4-15(5-3-14)18(19,20)21;/h2-5,13,16,22H,6-12H2,1H3;1H/t13-;/m0./s1. The summed E-state index contributed by atoms with van der Waals surface area (Å²) in [6.07, 6.45) is -2.38. The molecule has 0 unspecified atom stereocenters. The first-order chi connectivity index (χ1) is 11.8. The van der Waals surface area contributed by atoms with E-state index in [0.29, 0.717) is 19.1 Å². The lowest BCUT2D eigenvalue weighted by molar-refractivity contribution is -0.138. The second kappa shape index (κ2) is 8.59. The van der Waals surface area contributed by atoms with Crippen molar-refractivity contribution in [3.05, 3.63) is 35.4 Å². The maximum Gasteiger partial charge on any atom is 0.416 e. The maximum absolute atomic E-state index is 12.8. The number of nitrogens with zero attached hydrogens (tertiary/aromatic N) is 2. The summed E-state index contributed by atoms with van der Waals surface area (Å²) >= 11 is 0. The Bertz CT molecular complexity index is 605. The van der Waals surface area contributed by atoms with Crippen LogP contribution < -0.4 is 5.32 Å². The van der Waals surface area contributed by atoms with Crippen LogP contribution >= 0.6 is 12.4 Å². The molecule has 1 aromatic carbocycles. The average Bonchev–Trinajstić information content (AvgIpc) is 3.39. The van der Waals surface area contributed by atoms with E-state index >= 15 is 0 Å². The summed E-state index contributed by atoms with van der Waals surface area (Å²) in [5.41, 5.74) is 0.0804. The number of alkyl halides is 3. The molecule has 1 heterocycles. The van der Waals surface area contributed by atoms with E-state index < -0.39 is 11.7 Å². The zero-order valence-corrected chi connectivity index (χ0v) is 15.6. The van der Waals surface area contributed by atoms with Crippen LogP contribution in [-0.4, -0.2) is 54.0 Å². The minimum Gasteiger partial charge on any atom is -0.334 e. The molecular weight excluding hydrogens is 367 g/mol. The lowest BCUT2D eigenvalue weighted by Crippen LogP contribution is -2.53. The van der Waals surface area contributed by atoms with Crippen molar-refractivity contribution < 1.29 is 18.0 Å². The predicted molar refractivity (Wildman–Crippen MR) is 96.2 cm³/mol. The van der Waals surface area contributed by atoms with Crippen LogP contribution in [0.4, 0.5) is 13.2 Å². The van der Waals surface area contributed by atoms with E-state index in [0.717, 1.165) is 50.2 Å². The van der Waals surface area contributed by atoms with E-state index in [9.17, 15) is 18.0 Å². The van der Waals surface area contributed by atoms with Gasteiger partial charge in [0.05, 0.1) is 12.1 Å². The number of halogens is 4.